The number of unbranched alkanes of at least 4 members (excludes halogenated alkanes) is 1. The summed E-state index contributed by atoms with van der Waals surface area (Å²) < 4.78 is 66.5. The lowest BCUT2D eigenvalue weighted by molar-refractivity contribution is 0.0130. The first kappa shape index (κ1) is 34.9. The Balaban J connectivity index is 2.46. The zero-order valence-electron chi connectivity index (χ0n) is 26.9. The smallest absolute Gasteiger partial charge is 0.425 e. The second-order valence-electron chi connectivity index (χ2n) is 13.4. The average Bonchev–Trinajstić information content (AvgIpc) is 3.71. The molecule has 1 aromatic carbocycles. The van der Waals surface area contributed by atoms with Crippen molar-refractivity contribution in [3.8, 4) is 0 Å². The van der Waals surface area contributed by atoms with Crippen molar-refractivity contribution in [2.45, 2.75) is 108 Å². The van der Waals surface area contributed by atoms with Crippen LogP contribution < -0.4 is 0 Å². The maximum atomic E-state index is 15.8. The van der Waals surface area contributed by atoms with Crippen LogP contribution in [0.4, 0.5) is 14.0 Å². The van der Waals surface area contributed by atoms with E-state index in [0.717, 1.165) is 6.42 Å². The van der Waals surface area contributed by atoms with E-state index in [1.165, 1.54) is 32.2 Å². The van der Waals surface area contributed by atoms with Crippen molar-refractivity contribution < 1.29 is 41.3 Å². The molecule has 2 amide bonds. The van der Waals surface area contributed by atoms with Crippen LogP contribution in [0.25, 0.3) is 0 Å². The number of amidine groups is 1. The Bertz CT molecular complexity index is 1290. The Morgan fingerprint density at radius 3 is 2.07 bits per heavy atom. The van der Waals surface area contributed by atoms with Gasteiger partial charge in [0.05, 0.1) is 13.2 Å². The van der Waals surface area contributed by atoms with E-state index in [1.54, 1.807) is 47.6 Å². The van der Waals surface area contributed by atoms with Crippen LogP contribution in [0.1, 0.15) is 86.6 Å². The molecule has 0 N–H and O–H groups in total. The van der Waals surface area contributed by atoms with Crippen LogP contribution in [-0.4, -0.2) is 79.5 Å². The molecule has 10 nitrogen and oxygen atoms in total. The Labute approximate surface area is 255 Å². The van der Waals surface area contributed by atoms with E-state index in [2.05, 4.69) is 0 Å². The van der Waals surface area contributed by atoms with Gasteiger partial charge in [-0.25, -0.2) is 22.4 Å². The van der Waals surface area contributed by atoms with E-state index < -0.39 is 60.5 Å². The van der Waals surface area contributed by atoms with Crippen molar-refractivity contribution in [2.24, 2.45) is 10.9 Å². The van der Waals surface area contributed by atoms with Gasteiger partial charge in [-0.05, 0) is 79.7 Å². The molecule has 0 spiro atoms. The molecule has 3 atom stereocenters. The molecule has 1 aromatic rings. The first-order valence-electron chi connectivity index (χ1n) is 14.8. The van der Waals surface area contributed by atoms with Crippen LogP contribution in [-0.2, 0) is 34.3 Å². The van der Waals surface area contributed by atoms with Gasteiger partial charge in [0, 0.05) is 19.3 Å². The van der Waals surface area contributed by atoms with E-state index in [4.69, 9.17) is 23.9 Å². The topological polar surface area (TPSA) is 121 Å². The summed E-state index contributed by atoms with van der Waals surface area (Å²) in [6, 6.07) is 5.72. The number of carbonyl (C=O) groups excluding carboxylic acids is 2. The highest BCUT2D eigenvalue weighted by Crippen LogP contribution is 2.54. The van der Waals surface area contributed by atoms with E-state index in [9.17, 15) is 18.0 Å². The molecule has 1 fully saturated rings. The second kappa shape index (κ2) is 12.8. The number of hydrogen-bond donors (Lipinski definition) is 0. The van der Waals surface area contributed by atoms with Gasteiger partial charge in [0.1, 0.15) is 38.4 Å². The number of ether oxygens (including phenoxy) is 4. The van der Waals surface area contributed by atoms with Crippen molar-refractivity contribution in [1.82, 2.24) is 4.90 Å². The van der Waals surface area contributed by atoms with E-state index in [1.807, 2.05) is 6.92 Å². The van der Waals surface area contributed by atoms with E-state index >= 15 is 4.39 Å². The van der Waals surface area contributed by atoms with Gasteiger partial charge >= 0.3 is 12.2 Å². The lowest BCUT2D eigenvalue weighted by Crippen LogP contribution is -2.68. The maximum absolute atomic E-state index is 15.8. The molecule has 0 saturated heterocycles. The molecule has 2 unspecified atom stereocenters. The summed E-state index contributed by atoms with van der Waals surface area (Å²) in [6.07, 6.45) is 0.221. The molecule has 1 aliphatic heterocycles. The summed E-state index contributed by atoms with van der Waals surface area (Å²) in [5.41, 5.74) is -4.07. The molecular formula is C31H47FN2O8S. The van der Waals surface area contributed by atoms with Crippen LogP contribution in [0.15, 0.2) is 29.3 Å². The highest BCUT2D eigenvalue weighted by Gasteiger charge is 2.68. The van der Waals surface area contributed by atoms with Gasteiger partial charge in [0.15, 0.2) is 9.84 Å². The molecule has 43 heavy (non-hydrogen) atoms. The van der Waals surface area contributed by atoms with Crippen molar-refractivity contribution in [3.63, 3.8) is 0 Å². The predicted octanol–water partition coefficient (Wildman–Crippen LogP) is 6.02. The minimum Gasteiger partial charge on any atom is -0.443 e. The number of hydrogen-bond acceptors (Lipinski definition) is 9. The molecule has 3 rings (SSSR count). The highest BCUT2D eigenvalue weighted by molar-refractivity contribution is 7.94. The number of sulfone groups is 1. The number of benzene rings is 1. The molecule has 2 aliphatic rings. The van der Waals surface area contributed by atoms with Gasteiger partial charge in [-0.3, -0.25) is 4.99 Å². The second-order valence-corrected chi connectivity index (χ2v) is 15.9. The van der Waals surface area contributed by atoms with Gasteiger partial charge in [0.25, 0.3) is 0 Å². The molecule has 1 heterocycles. The molecule has 242 valence electrons. The standard InChI is InChI=1S/C31H47FN2O8S/c1-10-11-18-40-20-31(22-14-12-13-15-23(22)32)24(19-39-9)43(37,38)30(8,21-16-17-21)25(33-31)34(26(35)41-28(2,3)4)27(36)42-29(5,6)7/h12-15,21,24H,10-11,16-20H2,1-9H3/t24?,30?,31-/m1/s1. The van der Waals surface area contributed by atoms with Crippen LogP contribution in [0.3, 0.4) is 0 Å². The van der Waals surface area contributed by atoms with Crippen molar-refractivity contribution in [3.05, 3.63) is 35.6 Å². The van der Waals surface area contributed by atoms with Crippen LogP contribution >= 0.6 is 0 Å². The van der Waals surface area contributed by atoms with Crippen molar-refractivity contribution >= 4 is 27.9 Å². The number of carbonyl (C=O) groups is 2. The number of halogens is 1. The van der Waals surface area contributed by atoms with Crippen LogP contribution in [0.5, 0.6) is 0 Å². The number of imide groups is 1. The third kappa shape index (κ3) is 7.23. The van der Waals surface area contributed by atoms with Gasteiger partial charge in [0.2, 0.25) is 0 Å². The maximum Gasteiger partial charge on any atom is 0.425 e. The Morgan fingerprint density at radius 2 is 1.60 bits per heavy atom. The monoisotopic (exact) mass is 626 g/mol. The number of methoxy groups -OCH3 is 1. The third-order valence-corrected chi connectivity index (χ3v) is 10.6. The largest absolute Gasteiger partial charge is 0.443 e. The molecule has 12 heteroatoms. The fourth-order valence-corrected chi connectivity index (χ4v) is 8.10. The van der Waals surface area contributed by atoms with Crippen LogP contribution in [0, 0.1) is 11.7 Å². The van der Waals surface area contributed by atoms with Gasteiger partial charge in [-0.1, -0.05) is 31.5 Å². The summed E-state index contributed by atoms with van der Waals surface area (Å²) >= 11 is 0. The summed E-state index contributed by atoms with van der Waals surface area (Å²) in [4.78, 5) is 33.2. The minimum atomic E-state index is -4.39. The molecule has 1 aliphatic carbocycles. The first-order valence-corrected chi connectivity index (χ1v) is 16.3. The molecular weight excluding hydrogens is 579 g/mol. The average molecular weight is 627 g/mol. The summed E-state index contributed by atoms with van der Waals surface area (Å²) in [6.45, 7) is 12.8. The number of amides is 2. The lowest BCUT2D eigenvalue weighted by atomic mass is 9.85. The summed E-state index contributed by atoms with van der Waals surface area (Å²) in [5.74, 6) is -1.56. The van der Waals surface area contributed by atoms with E-state index in [-0.39, 0.29) is 31.2 Å². The lowest BCUT2D eigenvalue weighted by Gasteiger charge is -2.49. The fraction of sp³-hybridized carbons (Fsp3) is 0.710. The molecule has 0 bridgehead atoms. The van der Waals surface area contributed by atoms with E-state index in [0.29, 0.717) is 24.2 Å². The number of aliphatic imine (C=N–C) groups is 1. The zero-order valence-corrected chi connectivity index (χ0v) is 27.7. The Morgan fingerprint density at radius 1 is 1.05 bits per heavy atom. The molecule has 0 radical (unpaired) electrons. The van der Waals surface area contributed by atoms with Crippen LogP contribution in [0.2, 0.25) is 0 Å². The quantitative estimate of drug-likeness (QED) is 0.305. The summed E-state index contributed by atoms with van der Waals surface area (Å²) in [5, 5.41) is -1.41. The summed E-state index contributed by atoms with van der Waals surface area (Å²) in [7, 11) is -3.02. The van der Waals surface area contributed by atoms with Crippen molar-refractivity contribution in [1.29, 1.82) is 0 Å². The van der Waals surface area contributed by atoms with Gasteiger partial charge < -0.3 is 18.9 Å². The number of nitrogens with zero attached hydrogens (tertiary/aromatic N) is 2. The Hall–Kier alpha value is -2.57. The van der Waals surface area contributed by atoms with Crippen molar-refractivity contribution in [2.75, 3.05) is 26.9 Å². The predicted molar refractivity (Wildman–Crippen MR) is 161 cm³/mol. The SMILES string of the molecule is CCCCOC[C@]1(c2ccccc2F)N=C(N(C(=O)OC(C)(C)C)C(=O)OC(C)(C)C)C(C)(C2CC2)S(=O)(=O)C1COC. The fourth-order valence-electron chi connectivity index (χ4n) is 5.34. The zero-order chi connectivity index (χ0) is 32.4. The van der Waals surface area contributed by atoms with Gasteiger partial charge in [-0.15, -0.1) is 0 Å². The third-order valence-electron chi connectivity index (χ3n) is 7.59. The Kier molecular flexibility index (Phi) is 10.4. The minimum absolute atomic E-state index is 0.0548. The molecule has 1 saturated carbocycles. The first-order chi connectivity index (χ1) is 19.9. The number of rotatable bonds is 9. The molecule has 0 aromatic heterocycles. The highest BCUT2D eigenvalue weighted by atomic mass is 32.2. The van der Waals surface area contributed by atoms with Gasteiger partial charge in [-0.2, -0.15) is 4.90 Å². The normalized spacial score (nSPS) is 25.5.